The van der Waals surface area contributed by atoms with Crippen molar-refractivity contribution in [3.8, 4) is 11.3 Å². The van der Waals surface area contributed by atoms with E-state index < -0.39 is 0 Å². The summed E-state index contributed by atoms with van der Waals surface area (Å²) in [5.41, 5.74) is 5.24. The molecule has 0 aliphatic carbocycles. The molecule has 1 aliphatic rings. The standard InChI is InChI=1S/C23H28N6/c1-2-3-4-19-6-5-18(17-26-19)22-11-12-25-23(28-22)27-20-7-9-21(10-8-20)29-15-13-24-14-16-29/h5-12,17,24H,2-4,13-16H2,1H3,(H,25,27,28). The number of piperazine rings is 1. The number of hydrogen-bond donors (Lipinski definition) is 2. The van der Waals surface area contributed by atoms with Gasteiger partial charge in [0.05, 0.1) is 5.69 Å². The van der Waals surface area contributed by atoms with Crippen LogP contribution in [-0.2, 0) is 6.42 Å². The van der Waals surface area contributed by atoms with E-state index in [0.29, 0.717) is 5.95 Å². The molecule has 3 aromatic rings. The number of aryl methyl sites for hydroxylation is 1. The summed E-state index contributed by atoms with van der Waals surface area (Å²) in [5.74, 6) is 0.590. The van der Waals surface area contributed by atoms with E-state index in [1.165, 1.54) is 18.5 Å². The Morgan fingerprint density at radius 3 is 2.55 bits per heavy atom. The van der Waals surface area contributed by atoms with Crippen LogP contribution in [0.25, 0.3) is 11.3 Å². The van der Waals surface area contributed by atoms with Crippen LogP contribution >= 0.6 is 0 Å². The molecule has 150 valence electrons. The summed E-state index contributed by atoms with van der Waals surface area (Å²) in [7, 11) is 0. The third kappa shape index (κ3) is 5.09. The van der Waals surface area contributed by atoms with E-state index in [2.05, 4.69) is 73.8 Å². The summed E-state index contributed by atoms with van der Waals surface area (Å²) in [5, 5.41) is 6.69. The van der Waals surface area contributed by atoms with E-state index in [1.807, 2.05) is 12.3 Å². The second kappa shape index (κ2) is 9.47. The number of pyridine rings is 1. The van der Waals surface area contributed by atoms with Gasteiger partial charge in [0.15, 0.2) is 0 Å². The van der Waals surface area contributed by atoms with Crippen molar-refractivity contribution in [3.05, 3.63) is 60.6 Å². The van der Waals surface area contributed by atoms with Gasteiger partial charge in [-0.2, -0.15) is 0 Å². The fourth-order valence-electron chi connectivity index (χ4n) is 3.47. The number of aromatic nitrogens is 3. The number of benzene rings is 1. The Morgan fingerprint density at radius 2 is 1.83 bits per heavy atom. The Hall–Kier alpha value is -2.99. The third-order valence-electron chi connectivity index (χ3n) is 5.17. The van der Waals surface area contributed by atoms with Crippen molar-refractivity contribution in [1.82, 2.24) is 20.3 Å². The minimum Gasteiger partial charge on any atom is -0.369 e. The number of rotatable bonds is 7. The minimum atomic E-state index is 0.590. The Bertz CT molecular complexity index is 901. The molecule has 0 bridgehead atoms. The highest BCUT2D eigenvalue weighted by Crippen LogP contribution is 2.22. The number of nitrogens with zero attached hydrogens (tertiary/aromatic N) is 4. The van der Waals surface area contributed by atoms with Crippen molar-refractivity contribution >= 4 is 17.3 Å². The topological polar surface area (TPSA) is 66.0 Å². The molecule has 0 amide bonds. The smallest absolute Gasteiger partial charge is 0.227 e. The van der Waals surface area contributed by atoms with E-state index in [0.717, 1.165) is 55.2 Å². The molecule has 0 atom stereocenters. The van der Waals surface area contributed by atoms with Crippen LogP contribution in [0, 0.1) is 0 Å². The van der Waals surface area contributed by atoms with Gasteiger partial charge in [0.1, 0.15) is 0 Å². The largest absolute Gasteiger partial charge is 0.369 e. The maximum Gasteiger partial charge on any atom is 0.227 e. The number of nitrogens with one attached hydrogen (secondary N) is 2. The molecule has 4 rings (SSSR count). The zero-order valence-corrected chi connectivity index (χ0v) is 16.9. The molecule has 0 radical (unpaired) electrons. The quantitative estimate of drug-likeness (QED) is 0.637. The minimum absolute atomic E-state index is 0.590. The van der Waals surface area contributed by atoms with Gasteiger partial charge in [-0.3, -0.25) is 4.98 Å². The Morgan fingerprint density at radius 1 is 1.00 bits per heavy atom. The van der Waals surface area contributed by atoms with E-state index in [1.54, 1.807) is 6.20 Å². The lowest BCUT2D eigenvalue weighted by Crippen LogP contribution is -2.43. The molecule has 1 aliphatic heterocycles. The maximum atomic E-state index is 4.66. The van der Waals surface area contributed by atoms with Crippen LogP contribution in [0.5, 0.6) is 0 Å². The zero-order chi connectivity index (χ0) is 19.9. The Balaban J connectivity index is 1.43. The Kier molecular flexibility index (Phi) is 6.32. The lowest BCUT2D eigenvalue weighted by Gasteiger charge is -2.29. The molecule has 0 saturated carbocycles. The lowest BCUT2D eigenvalue weighted by atomic mass is 10.1. The first-order chi connectivity index (χ1) is 14.3. The second-order valence-electron chi connectivity index (χ2n) is 7.32. The molecule has 6 heteroatoms. The number of anilines is 3. The predicted octanol–water partition coefficient (Wildman–Crippen LogP) is 4.03. The molecule has 3 heterocycles. The summed E-state index contributed by atoms with van der Waals surface area (Å²) >= 11 is 0. The van der Waals surface area contributed by atoms with Crippen LogP contribution in [0.3, 0.4) is 0 Å². The predicted molar refractivity (Wildman–Crippen MR) is 119 cm³/mol. The van der Waals surface area contributed by atoms with Crippen molar-refractivity contribution in [2.45, 2.75) is 26.2 Å². The van der Waals surface area contributed by atoms with Crippen LogP contribution in [-0.4, -0.2) is 41.1 Å². The average Bonchev–Trinajstić information content (AvgIpc) is 2.79. The molecule has 0 spiro atoms. The summed E-state index contributed by atoms with van der Waals surface area (Å²) in [4.78, 5) is 16.0. The fraction of sp³-hybridized carbons (Fsp3) is 0.348. The van der Waals surface area contributed by atoms with Crippen molar-refractivity contribution in [3.63, 3.8) is 0 Å². The first-order valence-electron chi connectivity index (χ1n) is 10.4. The first kappa shape index (κ1) is 19.3. The van der Waals surface area contributed by atoms with Crippen molar-refractivity contribution in [2.24, 2.45) is 0 Å². The Labute approximate surface area is 172 Å². The average molecular weight is 389 g/mol. The van der Waals surface area contributed by atoms with Crippen LogP contribution in [0.2, 0.25) is 0 Å². The summed E-state index contributed by atoms with van der Waals surface area (Å²) in [6, 6.07) is 14.6. The molecule has 1 fully saturated rings. The third-order valence-corrected chi connectivity index (χ3v) is 5.17. The van der Waals surface area contributed by atoms with Crippen LogP contribution in [0.15, 0.2) is 54.9 Å². The first-order valence-corrected chi connectivity index (χ1v) is 10.4. The van der Waals surface area contributed by atoms with Gasteiger partial charge < -0.3 is 15.5 Å². The van der Waals surface area contributed by atoms with Gasteiger partial charge in [0.2, 0.25) is 5.95 Å². The van der Waals surface area contributed by atoms with Gasteiger partial charge in [-0.05, 0) is 55.3 Å². The zero-order valence-electron chi connectivity index (χ0n) is 16.9. The fourth-order valence-corrected chi connectivity index (χ4v) is 3.47. The van der Waals surface area contributed by atoms with E-state index in [-0.39, 0.29) is 0 Å². The van der Waals surface area contributed by atoms with E-state index in [9.17, 15) is 0 Å². The SMILES string of the molecule is CCCCc1ccc(-c2ccnc(Nc3ccc(N4CCNCC4)cc3)n2)cn1. The van der Waals surface area contributed by atoms with Crippen molar-refractivity contribution in [2.75, 3.05) is 36.4 Å². The van der Waals surface area contributed by atoms with Gasteiger partial charge in [-0.15, -0.1) is 0 Å². The molecule has 1 saturated heterocycles. The highest BCUT2D eigenvalue weighted by Gasteiger charge is 2.10. The highest BCUT2D eigenvalue weighted by atomic mass is 15.2. The van der Waals surface area contributed by atoms with Gasteiger partial charge in [-0.25, -0.2) is 9.97 Å². The highest BCUT2D eigenvalue weighted by molar-refractivity contribution is 5.63. The molecule has 2 aromatic heterocycles. The summed E-state index contributed by atoms with van der Waals surface area (Å²) in [6.07, 6.45) is 7.06. The van der Waals surface area contributed by atoms with Crippen LogP contribution < -0.4 is 15.5 Å². The molecule has 1 aromatic carbocycles. The van der Waals surface area contributed by atoms with Gasteiger partial charge in [-0.1, -0.05) is 13.3 Å². The lowest BCUT2D eigenvalue weighted by molar-refractivity contribution is 0.589. The molecule has 2 N–H and O–H groups in total. The van der Waals surface area contributed by atoms with Gasteiger partial charge in [0, 0.05) is 61.2 Å². The molecular formula is C23H28N6. The second-order valence-corrected chi connectivity index (χ2v) is 7.32. The summed E-state index contributed by atoms with van der Waals surface area (Å²) in [6.45, 7) is 6.36. The van der Waals surface area contributed by atoms with Crippen molar-refractivity contribution in [1.29, 1.82) is 0 Å². The van der Waals surface area contributed by atoms with Crippen LogP contribution in [0.1, 0.15) is 25.5 Å². The monoisotopic (exact) mass is 388 g/mol. The van der Waals surface area contributed by atoms with Gasteiger partial charge in [0.25, 0.3) is 0 Å². The van der Waals surface area contributed by atoms with Gasteiger partial charge >= 0.3 is 0 Å². The molecule has 29 heavy (non-hydrogen) atoms. The molecule has 6 nitrogen and oxygen atoms in total. The molecular weight excluding hydrogens is 360 g/mol. The summed E-state index contributed by atoms with van der Waals surface area (Å²) < 4.78 is 0. The maximum absolute atomic E-state index is 4.66. The normalized spacial score (nSPS) is 14.0. The van der Waals surface area contributed by atoms with E-state index >= 15 is 0 Å². The number of hydrogen-bond acceptors (Lipinski definition) is 6. The van der Waals surface area contributed by atoms with E-state index in [4.69, 9.17) is 0 Å². The number of unbranched alkanes of at least 4 members (excludes halogenated alkanes) is 1. The molecule has 0 unspecified atom stereocenters. The van der Waals surface area contributed by atoms with Crippen molar-refractivity contribution < 1.29 is 0 Å². The van der Waals surface area contributed by atoms with Crippen LogP contribution in [0.4, 0.5) is 17.3 Å².